The summed E-state index contributed by atoms with van der Waals surface area (Å²) in [6.07, 6.45) is 2.92. The Balaban J connectivity index is 2.26. The van der Waals surface area contributed by atoms with E-state index in [4.69, 9.17) is 14.2 Å². The van der Waals surface area contributed by atoms with E-state index in [1.165, 1.54) is 14.2 Å². The summed E-state index contributed by atoms with van der Waals surface area (Å²) in [5.74, 6) is -0.965. The van der Waals surface area contributed by atoms with Crippen molar-refractivity contribution in [2.45, 2.75) is 66.1 Å². The molecule has 3 heterocycles. The number of aryl methyl sites for hydroxylation is 1. The van der Waals surface area contributed by atoms with Crippen LogP contribution in [0.3, 0.4) is 0 Å². The zero-order valence-electron chi connectivity index (χ0n) is 20.4. The molecule has 1 aliphatic rings. The summed E-state index contributed by atoms with van der Waals surface area (Å²) >= 11 is 0. The number of fused-ring (bicyclic) bond motifs is 1. The lowest BCUT2D eigenvalue weighted by atomic mass is 9.82. The Morgan fingerprint density at radius 3 is 2.28 bits per heavy atom. The Morgan fingerprint density at radius 2 is 1.75 bits per heavy atom. The van der Waals surface area contributed by atoms with Crippen LogP contribution in [0.25, 0.3) is 5.52 Å². The summed E-state index contributed by atoms with van der Waals surface area (Å²) in [7, 11) is 2.70. The SMILES string of the molecule is COC(=O)c1cc2c(N3CCC(C)(C)CC3)c(C(OC(C)(C)C)C(=O)OC)c(C)cn2n1. The average Bonchev–Trinajstić information content (AvgIpc) is 3.13. The van der Waals surface area contributed by atoms with Gasteiger partial charge in [0.15, 0.2) is 11.8 Å². The molecule has 1 aliphatic heterocycles. The van der Waals surface area contributed by atoms with E-state index >= 15 is 0 Å². The Hall–Kier alpha value is -2.61. The van der Waals surface area contributed by atoms with Gasteiger partial charge < -0.3 is 19.1 Å². The first-order chi connectivity index (χ1) is 14.9. The molecule has 1 fully saturated rings. The molecule has 1 unspecified atom stereocenters. The van der Waals surface area contributed by atoms with Gasteiger partial charge in [-0.05, 0) is 51.5 Å². The second-order valence-corrected chi connectivity index (χ2v) is 10.2. The fourth-order valence-electron chi connectivity index (χ4n) is 4.14. The van der Waals surface area contributed by atoms with Crippen molar-refractivity contribution in [1.29, 1.82) is 0 Å². The van der Waals surface area contributed by atoms with Gasteiger partial charge in [0.2, 0.25) is 0 Å². The maximum absolute atomic E-state index is 12.9. The van der Waals surface area contributed by atoms with Gasteiger partial charge in [0.1, 0.15) is 0 Å². The molecule has 32 heavy (non-hydrogen) atoms. The van der Waals surface area contributed by atoms with Crippen LogP contribution < -0.4 is 4.90 Å². The molecule has 0 aliphatic carbocycles. The largest absolute Gasteiger partial charge is 0.467 e. The van der Waals surface area contributed by atoms with Crippen molar-refractivity contribution in [2.75, 3.05) is 32.2 Å². The summed E-state index contributed by atoms with van der Waals surface area (Å²) in [5.41, 5.74) is 3.05. The normalized spacial score (nSPS) is 17.3. The fourth-order valence-corrected chi connectivity index (χ4v) is 4.14. The third kappa shape index (κ3) is 4.90. The number of nitrogens with zero attached hydrogens (tertiary/aromatic N) is 3. The van der Waals surface area contributed by atoms with E-state index in [1.807, 2.05) is 33.9 Å². The fraction of sp³-hybridized carbons (Fsp3) is 0.625. The summed E-state index contributed by atoms with van der Waals surface area (Å²) in [4.78, 5) is 27.4. The van der Waals surface area contributed by atoms with Crippen LogP contribution >= 0.6 is 0 Å². The van der Waals surface area contributed by atoms with Crippen molar-refractivity contribution < 1.29 is 23.8 Å². The monoisotopic (exact) mass is 445 g/mol. The van der Waals surface area contributed by atoms with Crippen LogP contribution in [0.5, 0.6) is 0 Å². The Morgan fingerprint density at radius 1 is 1.12 bits per heavy atom. The Labute approximate surface area is 189 Å². The molecule has 0 radical (unpaired) electrons. The van der Waals surface area contributed by atoms with Gasteiger partial charge in [-0.15, -0.1) is 0 Å². The zero-order chi connectivity index (χ0) is 23.8. The van der Waals surface area contributed by atoms with Crippen LogP contribution in [0, 0.1) is 12.3 Å². The second kappa shape index (κ2) is 8.73. The van der Waals surface area contributed by atoms with Gasteiger partial charge in [0.25, 0.3) is 0 Å². The maximum Gasteiger partial charge on any atom is 0.358 e. The number of ether oxygens (including phenoxy) is 3. The van der Waals surface area contributed by atoms with E-state index in [9.17, 15) is 9.59 Å². The summed E-state index contributed by atoms with van der Waals surface area (Å²) in [5, 5.41) is 4.43. The van der Waals surface area contributed by atoms with Gasteiger partial charge >= 0.3 is 11.9 Å². The van der Waals surface area contributed by atoms with Crippen LogP contribution in [0.15, 0.2) is 12.3 Å². The number of anilines is 1. The molecule has 0 saturated carbocycles. The number of rotatable bonds is 5. The Kier molecular flexibility index (Phi) is 6.56. The predicted molar refractivity (Wildman–Crippen MR) is 122 cm³/mol. The number of hydrogen-bond acceptors (Lipinski definition) is 7. The smallest absolute Gasteiger partial charge is 0.358 e. The highest BCUT2D eigenvalue weighted by Crippen LogP contribution is 2.41. The lowest BCUT2D eigenvalue weighted by Crippen LogP contribution is -2.39. The number of pyridine rings is 1. The van der Waals surface area contributed by atoms with Crippen LogP contribution in [-0.4, -0.2) is 54.5 Å². The van der Waals surface area contributed by atoms with Gasteiger partial charge in [-0.25, -0.2) is 14.1 Å². The van der Waals surface area contributed by atoms with Crippen molar-refractivity contribution >= 4 is 23.1 Å². The summed E-state index contributed by atoms with van der Waals surface area (Å²) < 4.78 is 17.9. The van der Waals surface area contributed by atoms with E-state index in [0.717, 1.165) is 48.3 Å². The van der Waals surface area contributed by atoms with Gasteiger partial charge in [0.05, 0.1) is 31.0 Å². The van der Waals surface area contributed by atoms with Crippen molar-refractivity contribution in [3.8, 4) is 0 Å². The first kappa shape index (κ1) is 24.0. The van der Waals surface area contributed by atoms with Crippen molar-refractivity contribution in [2.24, 2.45) is 5.41 Å². The average molecular weight is 446 g/mol. The highest BCUT2D eigenvalue weighted by Gasteiger charge is 2.36. The minimum Gasteiger partial charge on any atom is -0.467 e. The highest BCUT2D eigenvalue weighted by atomic mass is 16.6. The van der Waals surface area contributed by atoms with Gasteiger partial charge in [-0.2, -0.15) is 5.10 Å². The quantitative estimate of drug-likeness (QED) is 0.641. The van der Waals surface area contributed by atoms with E-state index < -0.39 is 23.6 Å². The van der Waals surface area contributed by atoms with E-state index in [0.29, 0.717) is 0 Å². The molecule has 176 valence electrons. The van der Waals surface area contributed by atoms with E-state index in [1.54, 1.807) is 10.6 Å². The zero-order valence-corrected chi connectivity index (χ0v) is 20.4. The molecule has 8 nitrogen and oxygen atoms in total. The van der Waals surface area contributed by atoms with Crippen LogP contribution in [-0.2, 0) is 19.0 Å². The van der Waals surface area contributed by atoms with Crippen LogP contribution in [0.2, 0.25) is 0 Å². The summed E-state index contributed by atoms with van der Waals surface area (Å²) in [6.45, 7) is 13.8. The first-order valence-corrected chi connectivity index (χ1v) is 11.0. The molecule has 0 aromatic carbocycles. The van der Waals surface area contributed by atoms with Crippen LogP contribution in [0.4, 0.5) is 5.69 Å². The first-order valence-electron chi connectivity index (χ1n) is 11.0. The number of carbonyl (C=O) groups is 2. The molecule has 3 rings (SSSR count). The predicted octanol–water partition coefficient (Wildman–Crippen LogP) is 4.08. The molecule has 0 spiro atoms. The number of carbonyl (C=O) groups excluding carboxylic acids is 2. The highest BCUT2D eigenvalue weighted by molar-refractivity contribution is 5.92. The third-order valence-corrected chi connectivity index (χ3v) is 5.95. The standard InChI is InChI=1S/C24H35N3O5/c1-15-14-27-17(13-16(25-27)21(28)30-7)19(26-11-9-24(5,6)10-12-26)18(15)20(22(29)31-8)32-23(2,3)4/h13-14,20H,9-12H2,1-8H3. The molecular weight excluding hydrogens is 410 g/mol. The van der Waals surface area contributed by atoms with Gasteiger partial charge in [-0.1, -0.05) is 13.8 Å². The third-order valence-electron chi connectivity index (χ3n) is 5.95. The summed E-state index contributed by atoms with van der Waals surface area (Å²) in [6, 6.07) is 1.72. The lowest BCUT2D eigenvalue weighted by molar-refractivity contribution is -0.164. The minimum atomic E-state index is -0.911. The molecule has 0 bridgehead atoms. The molecule has 1 atom stereocenters. The van der Waals surface area contributed by atoms with Crippen molar-refractivity contribution in [3.05, 3.63) is 29.1 Å². The van der Waals surface area contributed by atoms with E-state index in [2.05, 4.69) is 23.8 Å². The molecule has 2 aromatic rings. The van der Waals surface area contributed by atoms with Gasteiger partial charge in [-0.3, -0.25) is 0 Å². The molecule has 2 aromatic heterocycles. The molecule has 8 heteroatoms. The molecule has 0 N–H and O–H groups in total. The van der Waals surface area contributed by atoms with Gasteiger partial charge in [0, 0.05) is 30.9 Å². The number of methoxy groups -OCH3 is 2. The number of aromatic nitrogens is 2. The number of esters is 2. The minimum absolute atomic E-state index is 0.217. The molecule has 1 saturated heterocycles. The number of piperidine rings is 1. The molecular formula is C24H35N3O5. The number of hydrogen-bond donors (Lipinski definition) is 0. The van der Waals surface area contributed by atoms with Crippen LogP contribution in [0.1, 0.15) is 75.2 Å². The molecule has 0 amide bonds. The van der Waals surface area contributed by atoms with Crippen molar-refractivity contribution in [3.63, 3.8) is 0 Å². The Bertz CT molecular complexity index is 1010. The maximum atomic E-state index is 12.9. The van der Waals surface area contributed by atoms with Crippen molar-refractivity contribution in [1.82, 2.24) is 9.61 Å². The van der Waals surface area contributed by atoms with E-state index in [-0.39, 0.29) is 11.1 Å². The lowest BCUT2D eigenvalue weighted by Gasteiger charge is -2.40. The second-order valence-electron chi connectivity index (χ2n) is 10.2. The topological polar surface area (TPSA) is 82.4 Å².